The van der Waals surface area contributed by atoms with Crippen LogP contribution < -0.4 is 10.5 Å². The van der Waals surface area contributed by atoms with Gasteiger partial charge in [-0.2, -0.15) is 0 Å². The van der Waals surface area contributed by atoms with Crippen LogP contribution in [0.25, 0.3) is 10.8 Å². The molecule has 3 N–H and O–H groups in total. The lowest BCUT2D eigenvalue weighted by atomic mass is 10.1. The van der Waals surface area contributed by atoms with Gasteiger partial charge in [-0.3, -0.25) is 4.72 Å². The number of anilines is 2. The fourth-order valence-corrected chi connectivity index (χ4v) is 3.25. The number of sulfonamides is 1. The summed E-state index contributed by atoms with van der Waals surface area (Å²) in [5.41, 5.74) is 6.99. The first kappa shape index (κ1) is 13.5. The van der Waals surface area contributed by atoms with E-state index in [1.165, 1.54) is 0 Å². The summed E-state index contributed by atoms with van der Waals surface area (Å²) in [6.45, 7) is 0. The SMILES string of the molecule is Nc1cccc2ccc(S(=O)(=O)Nc3ccccc3)cc12. The van der Waals surface area contributed by atoms with E-state index >= 15 is 0 Å². The second-order valence-corrected chi connectivity index (χ2v) is 6.38. The fraction of sp³-hybridized carbons (Fsp3) is 0. The van der Waals surface area contributed by atoms with Gasteiger partial charge >= 0.3 is 0 Å². The second kappa shape index (κ2) is 5.10. The molecule has 0 radical (unpaired) electrons. The Balaban J connectivity index is 2.05. The molecule has 106 valence electrons. The third-order valence-electron chi connectivity index (χ3n) is 3.22. The molecule has 0 saturated heterocycles. The first-order valence-electron chi connectivity index (χ1n) is 6.42. The van der Waals surface area contributed by atoms with E-state index in [4.69, 9.17) is 5.73 Å². The lowest BCUT2D eigenvalue weighted by Gasteiger charge is -2.09. The smallest absolute Gasteiger partial charge is 0.261 e. The number of nitrogens with one attached hydrogen (secondary N) is 1. The molecule has 0 aliphatic heterocycles. The number of hydrogen-bond donors (Lipinski definition) is 2. The maximum absolute atomic E-state index is 12.4. The molecule has 0 aliphatic rings. The van der Waals surface area contributed by atoms with Crippen LogP contribution in [0.15, 0.2) is 71.6 Å². The first-order chi connectivity index (χ1) is 10.1. The molecule has 0 unspecified atom stereocenters. The van der Waals surface area contributed by atoms with E-state index in [1.807, 2.05) is 18.2 Å². The minimum Gasteiger partial charge on any atom is -0.398 e. The van der Waals surface area contributed by atoms with Crippen molar-refractivity contribution in [1.82, 2.24) is 0 Å². The van der Waals surface area contributed by atoms with Crippen molar-refractivity contribution in [2.45, 2.75) is 4.90 Å². The molecule has 4 nitrogen and oxygen atoms in total. The van der Waals surface area contributed by atoms with Gasteiger partial charge in [0, 0.05) is 16.8 Å². The van der Waals surface area contributed by atoms with Crippen molar-refractivity contribution < 1.29 is 8.42 Å². The number of rotatable bonds is 3. The average Bonchev–Trinajstić information content (AvgIpc) is 2.48. The number of hydrogen-bond acceptors (Lipinski definition) is 3. The van der Waals surface area contributed by atoms with E-state index in [2.05, 4.69) is 4.72 Å². The molecule has 0 atom stereocenters. The van der Waals surface area contributed by atoms with E-state index < -0.39 is 10.0 Å². The van der Waals surface area contributed by atoms with Crippen LogP contribution >= 0.6 is 0 Å². The Hall–Kier alpha value is -2.53. The zero-order valence-corrected chi connectivity index (χ0v) is 12.0. The maximum atomic E-state index is 12.4. The van der Waals surface area contributed by atoms with Gasteiger partial charge in [0.05, 0.1) is 4.90 Å². The van der Waals surface area contributed by atoms with Crippen LogP contribution in [-0.4, -0.2) is 8.42 Å². The van der Waals surface area contributed by atoms with Crippen LogP contribution in [0.3, 0.4) is 0 Å². The van der Waals surface area contributed by atoms with E-state index in [0.29, 0.717) is 11.4 Å². The Kier molecular flexibility index (Phi) is 3.27. The van der Waals surface area contributed by atoms with Gasteiger partial charge in [-0.05, 0) is 35.7 Å². The van der Waals surface area contributed by atoms with Crippen LogP contribution in [0.5, 0.6) is 0 Å². The van der Waals surface area contributed by atoms with Gasteiger partial charge < -0.3 is 5.73 Å². The highest BCUT2D eigenvalue weighted by Gasteiger charge is 2.15. The molecule has 3 aromatic carbocycles. The number of nitrogens with two attached hydrogens (primary N) is 1. The zero-order chi connectivity index (χ0) is 14.9. The number of para-hydroxylation sites is 1. The van der Waals surface area contributed by atoms with Gasteiger partial charge in [0.25, 0.3) is 10.0 Å². The van der Waals surface area contributed by atoms with Crippen LogP contribution in [0.2, 0.25) is 0 Å². The molecular formula is C16H14N2O2S. The molecule has 3 aromatic rings. The highest BCUT2D eigenvalue weighted by Crippen LogP contribution is 2.25. The second-order valence-electron chi connectivity index (χ2n) is 4.70. The standard InChI is InChI=1S/C16H14N2O2S/c17-16-8-4-5-12-9-10-14(11-15(12)16)21(19,20)18-13-6-2-1-3-7-13/h1-11,18H,17H2. The summed E-state index contributed by atoms with van der Waals surface area (Å²) in [5, 5.41) is 1.64. The van der Waals surface area contributed by atoms with Crippen molar-refractivity contribution in [3.63, 3.8) is 0 Å². The van der Waals surface area contributed by atoms with Crippen molar-refractivity contribution in [2.24, 2.45) is 0 Å². The normalized spacial score (nSPS) is 11.4. The Labute approximate surface area is 123 Å². The summed E-state index contributed by atoms with van der Waals surface area (Å²) in [6.07, 6.45) is 0. The third-order valence-corrected chi connectivity index (χ3v) is 4.60. The molecule has 0 bridgehead atoms. The van der Waals surface area contributed by atoms with Crippen molar-refractivity contribution in [1.29, 1.82) is 0 Å². The Bertz CT molecular complexity index is 891. The van der Waals surface area contributed by atoms with Gasteiger partial charge in [0.2, 0.25) is 0 Å². The third kappa shape index (κ3) is 2.68. The minimum atomic E-state index is -3.63. The van der Waals surface area contributed by atoms with Crippen LogP contribution in [0.1, 0.15) is 0 Å². The number of nitrogen functional groups attached to an aromatic ring is 1. The molecule has 3 rings (SSSR count). The van der Waals surface area contributed by atoms with Crippen molar-refractivity contribution in [3.05, 3.63) is 66.7 Å². The Morgan fingerprint density at radius 3 is 2.38 bits per heavy atom. The van der Waals surface area contributed by atoms with Crippen molar-refractivity contribution in [3.8, 4) is 0 Å². The van der Waals surface area contributed by atoms with Gasteiger partial charge in [-0.15, -0.1) is 0 Å². The van der Waals surface area contributed by atoms with Gasteiger partial charge in [-0.1, -0.05) is 36.4 Å². The molecule has 0 aromatic heterocycles. The summed E-state index contributed by atoms with van der Waals surface area (Å²) < 4.78 is 27.4. The van der Waals surface area contributed by atoms with Crippen LogP contribution in [-0.2, 0) is 10.0 Å². The molecule has 5 heteroatoms. The van der Waals surface area contributed by atoms with Gasteiger partial charge in [-0.25, -0.2) is 8.42 Å². The molecule has 0 amide bonds. The van der Waals surface area contributed by atoms with E-state index in [0.717, 1.165) is 10.8 Å². The summed E-state index contributed by atoms with van der Waals surface area (Å²) >= 11 is 0. The first-order valence-corrected chi connectivity index (χ1v) is 7.91. The molecule has 0 fully saturated rings. The topological polar surface area (TPSA) is 72.2 Å². The lowest BCUT2D eigenvalue weighted by molar-refractivity contribution is 0.601. The predicted octanol–water partition coefficient (Wildman–Crippen LogP) is 3.22. The molecule has 0 aliphatic carbocycles. The largest absolute Gasteiger partial charge is 0.398 e. The molecule has 0 spiro atoms. The van der Waals surface area contributed by atoms with E-state index in [1.54, 1.807) is 48.5 Å². The highest BCUT2D eigenvalue weighted by molar-refractivity contribution is 7.92. The Morgan fingerprint density at radius 1 is 0.857 bits per heavy atom. The fourth-order valence-electron chi connectivity index (χ4n) is 2.16. The number of benzene rings is 3. The summed E-state index contributed by atoms with van der Waals surface area (Å²) in [6, 6.07) is 19.2. The van der Waals surface area contributed by atoms with Crippen LogP contribution in [0.4, 0.5) is 11.4 Å². The molecule has 21 heavy (non-hydrogen) atoms. The Morgan fingerprint density at radius 2 is 1.62 bits per heavy atom. The maximum Gasteiger partial charge on any atom is 0.261 e. The van der Waals surface area contributed by atoms with E-state index in [-0.39, 0.29) is 4.90 Å². The molecular weight excluding hydrogens is 284 g/mol. The lowest BCUT2D eigenvalue weighted by Crippen LogP contribution is -2.12. The number of fused-ring (bicyclic) bond motifs is 1. The van der Waals surface area contributed by atoms with Crippen molar-refractivity contribution >= 4 is 32.2 Å². The summed E-state index contributed by atoms with van der Waals surface area (Å²) in [5.74, 6) is 0. The molecule has 0 heterocycles. The van der Waals surface area contributed by atoms with Gasteiger partial charge in [0.15, 0.2) is 0 Å². The average molecular weight is 298 g/mol. The van der Waals surface area contributed by atoms with Crippen LogP contribution in [0, 0.1) is 0 Å². The monoisotopic (exact) mass is 298 g/mol. The van der Waals surface area contributed by atoms with Crippen molar-refractivity contribution in [2.75, 3.05) is 10.5 Å². The van der Waals surface area contributed by atoms with E-state index in [9.17, 15) is 8.42 Å². The quantitative estimate of drug-likeness (QED) is 0.729. The summed E-state index contributed by atoms with van der Waals surface area (Å²) in [4.78, 5) is 0.191. The molecule has 0 saturated carbocycles. The predicted molar refractivity (Wildman–Crippen MR) is 85.6 cm³/mol. The zero-order valence-electron chi connectivity index (χ0n) is 11.2. The highest BCUT2D eigenvalue weighted by atomic mass is 32.2. The minimum absolute atomic E-state index is 0.191. The summed E-state index contributed by atoms with van der Waals surface area (Å²) in [7, 11) is -3.63. The van der Waals surface area contributed by atoms with Gasteiger partial charge in [0.1, 0.15) is 0 Å².